The summed E-state index contributed by atoms with van der Waals surface area (Å²) in [6.07, 6.45) is 0.126. The molecule has 0 saturated carbocycles. The molecule has 0 unspecified atom stereocenters. The van der Waals surface area contributed by atoms with Crippen LogP contribution >= 0.6 is 11.6 Å². The summed E-state index contributed by atoms with van der Waals surface area (Å²) in [4.78, 5) is 16.1. The predicted molar refractivity (Wildman–Crippen MR) is 102 cm³/mol. The van der Waals surface area contributed by atoms with Crippen molar-refractivity contribution in [1.82, 2.24) is 9.80 Å². The highest BCUT2D eigenvalue weighted by Crippen LogP contribution is 2.23. The summed E-state index contributed by atoms with van der Waals surface area (Å²) in [5.41, 5.74) is 0.274. The zero-order valence-corrected chi connectivity index (χ0v) is 16.2. The van der Waals surface area contributed by atoms with Crippen molar-refractivity contribution in [1.29, 1.82) is 0 Å². The van der Waals surface area contributed by atoms with Crippen molar-refractivity contribution in [2.24, 2.45) is 0 Å². The third-order valence-electron chi connectivity index (χ3n) is 3.96. The van der Waals surface area contributed by atoms with Gasteiger partial charge in [-0.2, -0.15) is 0 Å². The van der Waals surface area contributed by atoms with Gasteiger partial charge in [0.15, 0.2) is 0 Å². The molecule has 0 aromatic heterocycles. The Morgan fingerprint density at radius 1 is 1.11 bits per heavy atom. The van der Waals surface area contributed by atoms with Crippen LogP contribution in [0.2, 0.25) is 5.02 Å². The fraction of sp³-hybridized carbons (Fsp3) is 0.350. The minimum absolute atomic E-state index is 0.0743. The number of carbonyl (C=O) groups excluding carboxylic acids is 1. The molecule has 0 saturated heterocycles. The first-order valence-corrected chi connectivity index (χ1v) is 8.98. The minimum atomic E-state index is -0.662. The zero-order chi connectivity index (χ0) is 19.8. The zero-order valence-electron chi connectivity index (χ0n) is 15.4. The van der Waals surface area contributed by atoms with E-state index in [1.54, 1.807) is 29.2 Å². The van der Waals surface area contributed by atoms with Crippen LogP contribution in [0.25, 0.3) is 0 Å². The maximum absolute atomic E-state index is 14.0. The van der Waals surface area contributed by atoms with Crippen molar-refractivity contribution in [2.75, 3.05) is 33.8 Å². The van der Waals surface area contributed by atoms with Crippen LogP contribution in [0.3, 0.4) is 0 Å². The summed E-state index contributed by atoms with van der Waals surface area (Å²) in [6, 6.07) is 10.4. The molecule has 0 atom stereocenters. The summed E-state index contributed by atoms with van der Waals surface area (Å²) in [6.45, 7) is 1.28. The highest BCUT2D eigenvalue weighted by molar-refractivity contribution is 6.32. The Labute approximate surface area is 163 Å². The second-order valence-corrected chi connectivity index (χ2v) is 6.79. The van der Waals surface area contributed by atoms with E-state index >= 15 is 0 Å². The molecule has 0 heterocycles. The van der Waals surface area contributed by atoms with Gasteiger partial charge < -0.3 is 14.5 Å². The molecule has 146 valence electrons. The Balaban J connectivity index is 1.99. The maximum Gasteiger partial charge on any atom is 0.226 e. The van der Waals surface area contributed by atoms with Gasteiger partial charge in [0.05, 0.1) is 18.1 Å². The summed E-state index contributed by atoms with van der Waals surface area (Å²) in [7, 11) is 3.78. The highest BCUT2D eigenvalue weighted by atomic mass is 35.5. The van der Waals surface area contributed by atoms with Gasteiger partial charge >= 0.3 is 0 Å². The lowest BCUT2D eigenvalue weighted by Crippen LogP contribution is -2.37. The van der Waals surface area contributed by atoms with Gasteiger partial charge in [-0.1, -0.05) is 29.8 Å². The number of carbonyl (C=O) groups is 1. The molecule has 0 bridgehead atoms. The predicted octanol–water partition coefficient (Wildman–Crippen LogP) is 3.98. The third kappa shape index (κ3) is 6.81. The lowest BCUT2D eigenvalue weighted by Gasteiger charge is -2.25. The number of hydrogen-bond acceptors (Lipinski definition) is 3. The molecule has 0 aliphatic heterocycles. The number of para-hydroxylation sites is 1. The smallest absolute Gasteiger partial charge is 0.226 e. The van der Waals surface area contributed by atoms with E-state index in [0.717, 1.165) is 6.07 Å². The number of halogens is 3. The lowest BCUT2D eigenvalue weighted by molar-refractivity contribution is -0.132. The van der Waals surface area contributed by atoms with E-state index in [-0.39, 0.29) is 31.0 Å². The van der Waals surface area contributed by atoms with Crippen molar-refractivity contribution in [3.63, 3.8) is 0 Å². The van der Waals surface area contributed by atoms with Crippen molar-refractivity contribution < 1.29 is 18.3 Å². The number of amides is 1. The number of hydrogen-bond donors (Lipinski definition) is 0. The Morgan fingerprint density at radius 2 is 1.85 bits per heavy atom. The molecule has 0 aliphatic carbocycles. The summed E-state index contributed by atoms with van der Waals surface area (Å²) >= 11 is 6.03. The van der Waals surface area contributed by atoms with Crippen LogP contribution in [0.4, 0.5) is 8.78 Å². The average molecular weight is 397 g/mol. The van der Waals surface area contributed by atoms with E-state index in [4.69, 9.17) is 16.3 Å². The molecule has 4 nitrogen and oxygen atoms in total. The summed E-state index contributed by atoms with van der Waals surface area (Å²) in [5, 5.41) is 0.475. The van der Waals surface area contributed by atoms with Crippen molar-refractivity contribution >= 4 is 17.5 Å². The average Bonchev–Trinajstić information content (AvgIpc) is 2.61. The molecule has 0 N–H and O–H groups in total. The van der Waals surface area contributed by atoms with Gasteiger partial charge in [-0.15, -0.1) is 0 Å². The lowest BCUT2D eigenvalue weighted by atomic mass is 10.2. The van der Waals surface area contributed by atoms with Crippen LogP contribution in [0.1, 0.15) is 12.0 Å². The standard InChI is InChI=1S/C20H23ClF2N2O2/c1-24(2)10-11-25(14-15-7-8-16(22)13-18(15)23)20(26)9-12-27-19-6-4-3-5-17(19)21/h3-8,13H,9-12,14H2,1-2H3. The molecule has 7 heteroatoms. The minimum Gasteiger partial charge on any atom is -0.491 e. The van der Waals surface area contributed by atoms with E-state index in [1.807, 2.05) is 19.0 Å². The second-order valence-electron chi connectivity index (χ2n) is 6.38. The monoisotopic (exact) mass is 396 g/mol. The molecule has 0 fully saturated rings. The number of benzene rings is 2. The maximum atomic E-state index is 14.0. The van der Waals surface area contributed by atoms with Crippen LogP contribution in [0.15, 0.2) is 42.5 Å². The van der Waals surface area contributed by atoms with Gasteiger partial charge in [-0.25, -0.2) is 8.78 Å². The molecule has 27 heavy (non-hydrogen) atoms. The Hall–Kier alpha value is -2.18. The Morgan fingerprint density at radius 3 is 2.52 bits per heavy atom. The van der Waals surface area contributed by atoms with Crippen molar-refractivity contribution in [2.45, 2.75) is 13.0 Å². The van der Waals surface area contributed by atoms with Gasteiger partial charge in [-0.05, 0) is 32.3 Å². The Kier molecular flexibility index (Phi) is 8.00. The fourth-order valence-electron chi connectivity index (χ4n) is 2.44. The van der Waals surface area contributed by atoms with Crippen LogP contribution in [0.5, 0.6) is 5.75 Å². The molecule has 2 aromatic carbocycles. The van der Waals surface area contributed by atoms with Gasteiger partial charge in [0.2, 0.25) is 5.91 Å². The fourth-order valence-corrected chi connectivity index (χ4v) is 2.63. The molecule has 1 amide bonds. The first-order chi connectivity index (χ1) is 12.9. The van der Waals surface area contributed by atoms with Gasteiger partial charge in [0.25, 0.3) is 0 Å². The molecule has 0 aliphatic rings. The van der Waals surface area contributed by atoms with E-state index in [0.29, 0.717) is 23.9 Å². The van der Waals surface area contributed by atoms with E-state index in [9.17, 15) is 13.6 Å². The first-order valence-electron chi connectivity index (χ1n) is 8.60. The first kappa shape index (κ1) is 21.1. The second kappa shape index (κ2) is 10.2. The van der Waals surface area contributed by atoms with Crippen molar-refractivity contribution in [3.8, 4) is 5.75 Å². The van der Waals surface area contributed by atoms with E-state index in [1.165, 1.54) is 12.1 Å². The normalized spacial score (nSPS) is 10.9. The third-order valence-corrected chi connectivity index (χ3v) is 4.27. The van der Waals surface area contributed by atoms with E-state index in [2.05, 4.69) is 0 Å². The van der Waals surface area contributed by atoms with Gasteiger partial charge in [0.1, 0.15) is 17.4 Å². The molecular formula is C20H23ClF2N2O2. The number of ether oxygens (including phenoxy) is 1. The molecule has 2 aromatic rings. The molecule has 0 spiro atoms. The molecule has 2 rings (SSSR count). The van der Waals surface area contributed by atoms with E-state index < -0.39 is 11.6 Å². The number of rotatable bonds is 9. The SMILES string of the molecule is CN(C)CCN(Cc1ccc(F)cc1F)C(=O)CCOc1ccccc1Cl. The molecule has 0 radical (unpaired) electrons. The quantitative estimate of drug-likeness (QED) is 0.642. The summed E-state index contributed by atoms with van der Waals surface area (Å²) in [5.74, 6) is -0.968. The largest absolute Gasteiger partial charge is 0.491 e. The number of nitrogens with zero attached hydrogens (tertiary/aromatic N) is 2. The van der Waals surface area contributed by atoms with Crippen LogP contribution in [-0.4, -0.2) is 49.5 Å². The molecular weight excluding hydrogens is 374 g/mol. The summed E-state index contributed by atoms with van der Waals surface area (Å²) < 4.78 is 32.6. The topological polar surface area (TPSA) is 32.8 Å². The van der Waals surface area contributed by atoms with Gasteiger partial charge in [-0.3, -0.25) is 4.79 Å². The number of likely N-dealkylation sites (N-methyl/N-ethyl adjacent to an activating group) is 1. The van der Waals surface area contributed by atoms with Crippen LogP contribution < -0.4 is 4.74 Å². The van der Waals surface area contributed by atoms with Crippen LogP contribution in [-0.2, 0) is 11.3 Å². The highest BCUT2D eigenvalue weighted by Gasteiger charge is 2.17. The van der Waals surface area contributed by atoms with Crippen LogP contribution in [0, 0.1) is 11.6 Å². The van der Waals surface area contributed by atoms with Crippen molar-refractivity contribution in [3.05, 3.63) is 64.7 Å². The Bertz CT molecular complexity index is 771. The van der Waals surface area contributed by atoms with Gasteiger partial charge in [0, 0.05) is 31.3 Å².